The number of nitrogens with zero attached hydrogens (tertiary/aromatic N) is 1. The zero-order valence-electron chi connectivity index (χ0n) is 13.9. The van der Waals surface area contributed by atoms with Gasteiger partial charge in [-0.2, -0.15) is 18.3 Å². The van der Waals surface area contributed by atoms with E-state index in [-0.39, 0.29) is 6.42 Å². The Bertz CT molecular complexity index is 1050. The molecule has 4 rings (SSSR count). The second-order valence-electron chi connectivity index (χ2n) is 6.39. The van der Waals surface area contributed by atoms with Crippen LogP contribution in [0.25, 0.3) is 11.3 Å². The Kier molecular flexibility index (Phi) is 3.95. The lowest BCUT2D eigenvalue weighted by Crippen LogP contribution is -2.14. The summed E-state index contributed by atoms with van der Waals surface area (Å²) in [5.41, 5.74) is 1.57. The summed E-state index contributed by atoms with van der Waals surface area (Å²) >= 11 is 0. The molecular formula is C20H13F3N2O2. The minimum Gasteiger partial charge on any atom is -0.290 e. The number of hydrogen-bond donors (Lipinski definition) is 1. The van der Waals surface area contributed by atoms with Gasteiger partial charge >= 0.3 is 6.18 Å². The summed E-state index contributed by atoms with van der Waals surface area (Å²) in [7, 11) is 0. The van der Waals surface area contributed by atoms with E-state index in [9.17, 15) is 22.8 Å². The lowest BCUT2D eigenvalue weighted by Gasteiger charge is -2.07. The maximum atomic E-state index is 12.9. The van der Waals surface area contributed by atoms with Crippen LogP contribution in [0.1, 0.15) is 33.1 Å². The molecular weight excluding hydrogens is 357 g/mol. The van der Waals surface area contributed by atoms with Gasteiger partial charge in [-0.25, -0.2) is 0 Å². The van der Waals surface area contributed by atoms with E-state index in [1.807, 2.05) is 0 Å². The number of alkyl halides is 3. The number of rotatable bonds is 3. The van der Waals surface area contributed by atoms with E-state index in [4.69, 9.17) is 0 Å². The molecule has 0 spiro atoms. The van der Waals surface area contributed by atoms with Gasteiger partial charge in [0.1, 0.15) is 0 Å². The average molecular weight is 370 g/mol. The number of carbonyl (C=O) groups excluding carboxylic acids is 2. The number of benzene rings is 2. The highest BCUT2D eigenvalue weighted by atomic mass is 19.4. The van der Waals surface area contributed by atoms with Crippen LogP contribution in [0.3, 0.4) is 0 Å². The molecule has 0 amide bonds. The summed E-state index contributed by atoms with van der Waals surface area (Å²) in [6.07, 6.45) is -4.21. The van der Waals surface area contributed by atoms with Crippen LogP contribution in [0.2, 0.25) is 0 Å². The zero-order valence-corrected chi connectivity index (χ0v) is 13.9. The highest BCUT2D eigenvalue weighted by molar-refractivity contribution is 6.48. The van der Waals surface area contributed by atoms with E-state index in [1.54, 1.807) is 30.3 Å². The van der Waals surface area contributed by atoms with Crippen molar-refractivity contribution in [3.8, 4) is 11.3 Å². The lowest BCUT2D eigenvalue weighted by molar-refractivity contribution is -0.137. The van der Waals surface area contributed by atoms with Crippen LogP contribution < -0.4 is 0 Å². The van der Waals surface area contributed by atoms with E-state index >= 15 is 0 Å². The van der Waals surface area contributed by atoms with Gasteiger partial charge in [0.15, 0.2) is 0 Å². The van der Waals surface area contributed by atoms with Gasteiger partial charge < -0.3 is 0 Å². The molecule has 0 bridgehead atoms. The topological polar surface area (TPSA) is 62.8 Å². The Hall–Kier alpha value is -3.22. The monoisotopic (exact) mass is 370 g/mol. The molecule has 1 aliphatic carbocycles. The molecule has 7 heteroatoms. The van der Waals surface area contributed by atoms with E-state index in [2.05, 4.69) is 10.2 Å². The number of hydrogen-bond acceptors (Lipinski definition) is 3. The minimum absolute atomic E-state index is 0.230. The second kappa shape index (κ2) is 6.19. The van der Waals surface area contributed by atoms with Crippen LogP contribution in [0.4, 0.5) is 13.2 Å². The summed E-state index contributed by atoms with van der Waals surface area (Å²) in [5, 5.41) is 6.82. The highest BCUT2D eigenvalue weighted by Crippen LogP contribution is 2.34. The van der Waals surface area contributed by atoms with Crippen LogP contribution >= 0.6 is 0 Å². The molecule has 1 heterocycles. The minimum atomic E-state index is -4.44. The zero-order chi connectivity index (χ0) is 19.2. The third-order valence-electron chi connectivity index (χ3n) is 4.66. The van der Waals surface area contributed by atoms with Crippen molar-refractivity contribution in [1.29, 1.82) is 0 Å². The largest absolute Gasteiger partial charge is 0.416 e. The van der Waals surface area contributed by atoms with Crippen molar-refractivity contribution in [3.05, 3.63) is 77.0 Å². The lowest BCUT2D eigenvalue weighted by atomic mass is 9.95. The van der Waals surface area contributed by atoms with Crippen LogP contribution in [-0.4, -0.2) is 21.8 Å². The van der Waals surface area contributed by atoms with Gasteiger partial charge in [-0.05, 0) is 23.8 Å². The molecule has 1 aliphatic rings. The van der Waals surface area contributed by atoms with Crippen molar-refractivity contribution in [2.75, 3.05) is 0 Å². The Labute approximate surface area is 152 Å². The van der Waals surface area contributed by atoms with Gasteiger partial charge in [0.2, 0.25) is 11.6 Å². The van der Waals surface area contributed by atoms with E-state index in [0.717, 1.165) is 12.1 Å². The molecule has 1 unspecified atom stereocenters. The predicted molar refractivity (Wildman–Crippen MR) is 91.3 cm³/mol. The number of Topliss-reactive ketones (excluding diaryl/α,β-unsaturated/α-hetero) is 2. The number of aromatic amines is 1. The van der Waals surface area contributed by atoms with Crippen molar-refractivity contribution in [2.45, 2.75) is 18.5 Å². The van der Waals surface area contributed by atoms with Crippen molar-refractivity contribution in [3.63, 3.8) is 0 Å². The summed E-state index contributed by atoms with van der Waals surface area (Å²) in [4.78, 5) is 24.4. The van der Waals surface area contributed by atoms with Crippen LogP contribution in [0, 0.1) is 0 Å². The maximum Gasteiger partial charge on any atom is 0.416 e. The molecule has 136 valence electrons. The Morgan fingerprint density at radius 1 is 1.00 bits per heavy atom. The van der Waals surface area contributed by atoms with Crippen LogP contribution in [0.15, 0.2) is 54.6 Å². The fourth-order valence-electron chi connectivity index (χ4n) is 3.33. The Morgan fingerprint density at radius 2 is 1.78 bits per heavy atom. The molecule has 1 aromatic heterocycles. The van der Waals surface area contributed by atoms with E-state index in [0.29, 0.717) is 28.1 Å². The van der Waals surface area contributed by atoms with Crippen molar-refractivity contribution in [2.24, 2.45) is 0 Å². The summed E-state index contributed by atoms with van der Waals surface area (Å²) in [5.74, 6) is -1.59. The maximum absolute atomic E-state index is 12.9. The first kappa shape index (κ1) is 17.2. The Balaban J connectivity index is 1.61. The van der Waals surface area contributed by atoms with Gasteiger partial charge in [-0.1, -0.05) is 36.4 Å². The standard InChI is InChI=1S/C20H13F3N2O2/c21-20(22,23)12-5-3-4-11(8-12)17-10-13(24-25-17)9-16-14-6-1-2-7-15(14)18(26)19(16)27/h1-8,10,16H,9H2,(H,24,25). The number of aromatic nitrogens is 2. The molecule has 0 fully saturated rings. The molecule has 1 N–H and O–H groups in total. The van der Waals surface area contributed by atoms with Crippen molar-refractivity contribution < 1.29 is 22.8 Å². The average Bonchev–Trinajstić information content (AvgIpc) is 3.21. The van der Waals surface area contributed by atoms with Gasteiger partial charge in [-0.15, -0.1) is 0 Å². The summed E-state index contributed by atoms with van der Waals surface area (Å²) in [6.45, 7) is 0. The Morgan fingerprint density at radius 3 is 2.56 bits per heavy atom. The predicted octanol–water partition coefficient (Wildman–Crippen LogP) is 4.19. The number of carbonyl (C=O) groups is 2. The molecule has 0 saturated carbocycles. The molecule has 2 aromatic carbocycles. The quantitative estimate of drug-likeness (QED) is 0.704. The highest BCUT2D eigenvalue weighted by Gasteiger charge is 2.38. The number of nitrogens with one attached hydrogen (secondary N) is 1. The summed E-state index contributed by atoms with van der Waals surface area (Å²) < 4.78 is 38.6. The van der Waals surface area contributed by atoms with Crippen molar-refractivity contribution >= 4 is 11.6 Å². The van der Waals surface area contributed by atoms with Crippen LogP contribution in [0.5, 0.6) is 0 Å². The first-order valence-electron chi connectivity index (χ1n) is 8.24. The van der Waals surface area contributed by atoms with Gasteiger partial charge in [0, 0.05) is 23.2 Å². The third kappa shape index (κ3) is 3.05. The number of fused-ring (bicyclic) bond motifs is 1. The molecule has 0 saturated heterocycles. The summed E-state index contributed by atoms with van der Waals surface area (Å²) in [6, 6.07) is 13.3. The van der Waals surface area contributed by atoms with Gasteiger partial charge in [0.05, 0.1) is 17.2 Å². The van der Waals surface area contributed by atoms with Gasteiger partial charge in [0.25, 0.3) is 0 Å². The molecule has 4 nitrogen and oxygen atoms in total. The second-order valence-corrected chi connectivity index (χ2v) is 6.39. The number of ketones is 2. The van der Waals surface area contributed by atoms with Gasteiger partial charge in [-0.3, -0.25) is 14.7 Å². The molecule has 1 atom stereocenters. The van der Waals surface area contributed by atoms with Crippen LogP contribution in [-0.2, 0) is 17.4 Å². The molecule has 0 aliphatic heterocycles. The fraction of sp³-hybridized carbons (Fsp3) is 0.150. The SMILES string of the molecule is O=C1C(=O)C(Cc2cc(-c3cccc(C(F)(F)F)c3)n[nH]2)c2ccccc21. The number of H-pyrrole nitrogens is 1. The smallest absolute Gasteiger partial charge is 0.290 e. The molecule has 0 radical (unpaired) electrons. The van der Waals surface area contributed by atoms with E-state index in [1.165, 1.54) is 12.1 Å². The normalized spacial score (nSPS) is 16.6. The van der Waals surface area contributed by atoms with E-state index < -0.39 is 29.2 Å². The molecule has 27 heavy (non-hydrogen) atoms. The third-order valence-corrected chi connectivity index (χ3v) is 4.66. The number of halogens is 3. The first-order chi connectivity index (χ1) is 12.8. The molecule has 3 aromatic rings. The van der Waals surface area contributed by atoms with Crippen molar-refractivity contribution in [1.82, 2.24) is 10.2 Å². The first-order valence-corrected chi connectivity index (χ1v) is 8.24. The fourth-order valence-corrected chi connectivity index (χ4v) is 3.33.